The van der Waals surface area contributed by atoms with Gasteiger partial charge in [-0.05, 0) is 81.1 Å². The Morgan fingerprint density at radius 1 is 0.964 bits per heavy atom. The summed E-state index contributed by atoms with van der Waals surface area (Å²) in [7, 11) is 0. The number of para-hydroxylation sites is 1. The molecule has 0 radical (unpaired) electrons. The van der Waals surface area contributed by atoms with Gasteiger partial charge in [0.1, 0.15) is 0 Å². The van der Waals surface area contributed by atoms with E-state index in [2.05, 4.69) is 40.2 Å². The first-order chi connectivity index (χ1) is 13.7. The first-order valence-electron chi connectivity index (χ1n) is 10.2. The van der Waals surface area contributed by atoms with Gasteiger partial charge < -0.3 is 9.88 Å². The molecule has 0 aliphatic carbocycles. The molecule has 1 fully saturated rings. The normalized spacial score (nSPS) is 15.9. The molecule has 28 heavy (non-hydrogen) atoms. The first kappa shape index (κ1) is 19.1. The molecule has 1 aliphatic rings. The van der Waals surface area contributed by atoms with E-state index in [0.29, 0.717) is 16.7 Å². The molecule has 2 aromatic carbocycles. The van der Waals surface area contributed by atoms with Gasteiger partial charge in [-0.1, -0.05) is 42.5 Å². The molecule has 0 saturated carbocycles. The van der Waals surface area contributed by atoms with Gasteiger partial charge in [0.2, 0.25) is 0 Å². The van der Waals surface area contributed by atoms with E-state index in [1.807, 2.05) is 24.3 Å². The topological polar surface area (TPSA) is 41.0 Å². The monoisotopic (exact) mass is 393 g/mol. The number of aromatic amines is 1. The number of piperidine rings is 1. The third-order valence-electron chi connectivity index (χ3n) is 5.82. The van der Waals surface area contributed by atoms with Gasteiger partial charge in [-0.2, -0.15) is 0 Å². The van der Waals surface area contributed by atoms with E-state index in [0.717, 1.165) is 37.5 Å². The first-order valence-corrected chi connectivity index (χ1v) is 10.6. The predicted molar refractivity (Wildman–Crippen MR) is 117 cm³/mol. The zero-order chi connectivity index (χ0) is 19.3. The van der Waals surface area contributed by atoms with Crippen molar-refractivity contribution < 1.29 is 0 Å². The second-order valence-corrected chi connectivity index (χ2v) is 8.15. The Morgan fingerprint density at radius 2 is 1.68 bits per heavy atom. The number of nitrogens with one attached hydrogen (secondary N) is 1. The fourth-order valence-electron chi connectivity index (χ4n) is 4.22. The van der Waals surface area contributed by atoms with Crippen LogP contribution < -0.4 is 5.56 Å². The van der Waals surface area contributed by atoms with Crippen molar-refractivity contribution in [1.82, 2.24) is 14.5 Å². The molecule has 1 aromatic heterocycles. The van der Waals surface area contributed by atoms with Gasteiger partial charge in [0.15, 0.2) is 4.77 Å². The van der Waals surface area contributed by atoms with Crippen molar-refractivity contribution in [2.75, 3.05) is 19.6 Å². The molecule has 1 N–H and O–H groups in total. The Kier molecular flexibility index (Phi) is 6.03. The number of aromatic nitrogens is 2. The third kappa shape index (κ3) is 4.42. The van der Waals surface area contributed by atoms with E-state index in [1.165, 1.54) is 24.8 Å². The Hall–Kier alpha value is -2.24. The van der Waals surface area contributed by atoms with Crippen LogP contribution in [0.4, 0.5) is 0 Å². The molecule has 1 saturated heterocycles. The van der Waals surface area contributed by atoms with E-state index in [9.17, 15) is 4.79 Å². The number of hydrogen-bond donors (Lipinski definition) is 1. The van der Waals surface area contributed by atoms with E-state index in [-0.39, 0.29) is 5.56 Å². The number of fused-ring (bicyclic) bond motifs is 1. The van der Waals surface area contributed by atoms with Crippen molar-refractivity contribution in [2.24, 2.45) is 5.92 Å². The minimum atomic E-state index is 0.0147. The average Bonchev–Trinajstić information content (AvgIpc) is 2.72. The summed E-state index contributed by atoms with van der Waals surface area (Å²) >= 11 is 5.41. The quantitative estimate of drug-likeness (QED) is 0.631. The molecule has 146 valence electrons. The molecule has 1 aliphatic heterocycles. The average molecular weight is 394 g/mol. The highest BCUT2D eigenvalue weighted by molar-refractivity contribution is 7.71. The van der Waals surface area contributed by atoms with Crippen molar-refractivity contribution in [3.05, 3.63) is 75.3 Å². The number of hydrogen-bond acceptors (Lipinski definition) is 3. The Morgan fingerprint density at radius 3 is 2.46 bits per heavy atom. The number of rotatable bonds is 6. The Balaban J connectivity index is 1.29. The van der Waals surface area contributed by atoms with Gasteiger partial charge >= 0.3 is 0 Å². The lowest BCUT2D eigenvalue weighted by molar-refractivity contribution is 0.180. The van der Waals surface area contributed by atoms with Gasteiger partial charge in [-0.25, -0.2) is 0 Å². The van der Waals surface area contributed by atoms with Crippen molar-refractivity contribution >= 4 is 23.1 Å². The Bertz CT molecular complexity index is 1030. The maximum absolute atomic E-state index is 12.7. The Labute approximate surface area is 170 Å². The van der Waals surface area contributed by atoms with Crippen molar-refractivity contribution in [3.8, 4) is 0 Å². The summed E-state index contributed by atoms with van der Waals surface area (Å²) in [6, 6.07) is 18.4. The molecule has 0 unspecified atom stereocenters. The SMILES string of the molecule is O=c1c2ccccc2[nH]c(=S)n1CCCN1CCC(Cc2ccccc2)CC1. The number of H-pyrrole nitrogens is 1. The third-order valence-corrected chi connectivity index (χ3v) is 6.14. The molecule has 0 spiro atoms. The van der Waals surface area contributed by atoms with Crippen LogP contribution in [0.15, 0.2) is 59.4 Å². The van der Waals surface area contributed by atoms with Crippen LogP contribution in [0.3, 0.4) is 0 Å². The maximum atomic E-state index is 12.7. The molecule has 4 nitrogen and oxygen atoms in total. The lowest BCUT2D eigenvalue weighted by Gasteiger charge is -2.32. The summed E-state index contributed by atoms with van der Waals surface area (Å²) in [6.45, 7) is 3.99. The second kappa shape index (κ2) is 8.84. The molecular formula is C23H27N3OS. The summed E-state index contributed by atoms with van der Waals surface area (Å²) < 4.78 is 2.23. The van der Waals surface area contributed by atoms with Crippen LogP contribution >= 0.6 is 12.2 Å². The van der Waals surface area contributed by atoms with Crippen LogP contribution in [-0.4, -0.2) is 34.1 Å². The second-order valence-electron chi connectivity index (χ2n) is 7.76. The van der Waals surface area contributed by atoms with E-state index in [4.69, 9.17) is 12.2 Å². The van der Waals surface area contributed by atoms with Crippen LogP contribution in [-0.2, 0) is 13.0 Å². The zero-order valence-electron chi connectivity index (χ0n) is 16.1. The molecule has 0 amide bonds. The molecule has 3 aromatic rings. The van der Waals surface area contributed by atoms with E-state index >= 15 is 0 Å². The van der Waals surface area contributed by atoms with Crippen LogP contribution in [0, 0.1) is 10.7 Å². The summed E-state index contributed by atoms with van der Waals surface area (Å²) in [5, 5.41) is 0.706. The predicted octanol–water partition coefficient (Wildman–Crippen LogP) is 4.40. The molecular weight excluding hydrogens is 366 g/mol. The summed E-state index contributed by atoms with van der Waals surface area (Å²) in [5.74, 6) is 0.788. The van der Waals surface area contributed by atoms with Crippen molar-refractivity contribution in [1.29, 1.82) is 0 Å². The van der Waals surface area contributed by atoms with E-state index in [1.54, 1.807) is 4.57 Å². The minimum absolute atomic E-state index is 0.0147. The van der Waals surface area contributed by atoms with Crippen LogP contribution in [0.2, 0.25) is 0 Å². The van der Waals surface area contributed by atoms with Gasteiger partial charge in [-0.15, -0.1) is 0 Å². The van der Waals surface area contributed by atoms with Gasteiger partial charge in [0.25, 0.3) is 5.56 Å². The molecule has 2 heterocycles. The van der Waals surface area contributed by atoms with Crippen LogP contribution in [0.5, 0.6) is 0 Å². The smallest absolute Gasteiger partial charge is 0.262 e. The van der Waals surface area contributed by atoms with Crippen LogP contribution in [0.1, 0.15) is 24.8 Å². The number of likely N-dealkylation sites (tertiary alicyclic amines) is 1. The van der Waals surface area contributed by atoms with Gasteiger partial charge in [-0.3, -0.25) is 9.36 Å². The fourth-order valence-corrected chi connectivity index (χ4v) is 4.50. The highest BCUT2D eigenvalue weighted by atomic mass is 32.1. The van der Waals surface area contributed by atoms with Gasteiger partial charge in [0.05, 0.1) is 10.9 Å². The lowest BCUT2D eigenvalue weighted by atomic mass is 9.90. The highest BCUT2D eigenvalue weighted by Gasteiger charge is 2.19. The number of nitrogens with zero attached hydrogens (tertiary/aromatic N) is 2. The highest BCUT2D eigenvalue weighted by Crippen LogP contribution is 2.21. The summed E-state index contributed by atoms with van der Waals surface area (Å²) in [5.41, 5.74) is 2.28. The molecule has 0 bridgehead atoms. The van der Waals surface area contributed by atoms with Crippen molar-refractivity contribution in [3.63, 3.8) is 0 Å². The number of benzene rings is 2. The fraction of sp³-hybridized carbons (Fsp3) is 0.391. The lowest BCUT2D eigenvalue weighted by Crippen LogP contribution is -2.35. The maximum Gasteiger partial charge on any atom is 0.262 e. The van der Waals surface area contributed by atoms with Crippen molar-refractivity contribution in [2.45, 2.75) is 32.2 Å². The van der Waals surface area contributed by atoms with Gasteiger partial charge in [0, 0.05) is 6.54 Å². The zero-order valence-corrected chi connectivity index (χ0v) is 17.0. The molecule has 0 atom stereocenters. The largest absolute Gasteiger partial charge is 0.332 e. The van der Waals surface area contributed by atoms with Crippen LogP contribution in [0.25, 0.3) is 10.9 Å². The molecule has 4 rings (SSSR count). The van der Waals surface area contributed by atoms with E-state index < -0.39 is 0 Å². The summed E-state index contributed by atoms with van der Waals surface area (Å²) in [4.78, 5) is 18.4. The summed E-state index contributed by atoms with van der Waals surface area (Å²) in [6.07, 6.45) is 4.64. The minimum Gasteiger partial charge on any atom is -0.332 e. The standard InChI is InChI=1S/C23H27N3OS/c27-22-20-9-4-5-10-21(20)24-23(28)26(22)14-6-13-25-15-11-19(12-16-25)17-18-7-2-1-3-8-18/h1-5,7-10,19H,6,11-17H2,(H,24,28). The molecule has 5 heteroatoms.